The first-order chi connectivity index (χ1) is 7.57. The predicted molar refractivity (Wildman–Crippen MR) is 64.1 cm³/mol. The summed E-state index contributed by atoms with van der Waals surface area (Å²) in [5.41, 5.74) is 6.10. The monoisotopic (exact) mass is 228 g/mol. The summed E-state index contributed by atoms with van der Waals surface area (Å²) in [6, 6.07) is -0.390. The van der Waals surface area contributed by atoms with Gasteiger partial charge in [-0.25, -0.2) is 0 Å². The normalized spacial score (nSPS) is 19.9. The van der Waals surface area contributed by atoms with Gasteiger partial charge < -0.3 is 15.8 Å². The number of hydrogen-bond acceptors (Lipinski definition) is 3. The van der Waals surface area contributed by atoms with Crippen LogP contribution in [-0.2, 0) is 9.53 Å². The van der Waals surface area contributed by atoms with E-state index >= 15 is 0 Å². The molecule has 0 radical (unpaired) electrons. The quantitative estimate of drug-likeness (QED) is 0.640. The molecule has 94 valence electrons. The van der Waals surface area contributed by atoms with E-state index in [1.807, 2.05) is 0 Å². The summed E-state index contributed by atoms with van der Waals surface area (Å²) >= 11 is 0. The van der Waals surface area contributed by atoms with Gasteiger partial charge in [-0.2, -0.15) is 0 Å². The highest BCUT2D eigenvalue weighted by Gasteiger charge is 2.32. The van der Waals surface area contributed by atoms with Crippen LogP contribution in [-0.4, -0.2) is 32.2 Å². The molecule has 0 aromatic carbocycles. The SMILES string of the molecule is COCCCC(N)C(=O)NCC1(C)CCC1. The van der Waals surface area contributed by atoms with E-state index in [0.717, 1.165) is 13.0 Å². The third kappa shape index (κ3) is 4.10. The molecule has 1 unspecified atom stereocenters. The van der Waals surface area contributed by atoms with Crippen molar-refractivity contribution in [1.29, 1.82) is 0 Å². The van der Waals surface area contributed by atoms with Crippen molar-refractivity contribution < 1.29 is 9.53 Å². The summed E-state index contributed by atoms with van der Waals surface area (Å²) < 4.78 is 4.93. The summed E-state index contributed by atoms with van der Waals surface area (Å²) in [5.74, 6) is -0.0239. The Balaban J connectivity index is 2.13. The lowest BCUT2D eigenvalue weighted by atomic mass is 9.70. The average molecular weight is 228 g/mol. The van der Waals surface area contributed by atoms with E-state index in [-0.39, 0.29) is 11.9 Å². The first kappa shape index (κ1) is 13.5. The van der Waals surface area contributed by atoms with Crippen LogP contribution < -0.4 is 11.1 Å². The zero-order chi connectivity index (χ0) is 12.0. The smallest absolute Gasteiger partial charge is 0.236 e. The van der Waals surface area contributed by atoms with Crippen LogP contribution in [0.25, 0.3) is 0 Å². The average Bonchev–Trinajstić information content (AvgIpc) is 2.23. The number of nitrogens with one attached hydrogen (secondary N) is 1. The number of nitrogens with two attached hydrogens (primary N) is 1. The molecule has 1 aliphatic carbocycles. The number of amides is 1. The Morgan fingerprint density at radius 2 is 2.25 bits per heavy atom. The summed E-state index contributed by atoms with van der Waals surface area (Å²) in [6.07, 6.45) is 5.24. The molecule has 1 atom stereocenters. The zero-order valence-corrected chi connectivity index (χ0v) is 10.4. The van der Waals surface area contributed by atoms with Crippen LogP contribution in [0.2, 0.25) is 0 Å². The van der Waals surface area contributed by atoms with Crippen LogP contribution >= 0.6 is 0 Å². The molecule has 0 aromatic heterocycles. The molecule has 0 aromatic rings. The number of hydrogen-bond donors (Lipinski definition) is 2. The number of carbonyl (C=O) groups excluding carboxylic acids is 1. The van der Waals surface area contributed by atoms with Crippen molar-refractivity contribution in [3.05, 3.63) is 0 Å². The van der Waals surface area contributed by atoms with Crippen LogP contribution in [0.4, 0.5) is 0 Å². The number of ether oxygens (including phenoxy) is 1. The molecular weight excluding hydrogens is 204 g/mol. The second-order valence-electron chi connectivity index (χ2n) is 5.12. The Bertz CT molecular complexity index is 227. The molecule has 4 heteroatoms. The third-order valence-corrected chi connectivity index (χ3v) is 3.45. The van der Waals surface area contributed by atoms with E-state index in [2.05, 4.69) is 12.2 Å². The van der Waals surface area contributed by atoms with E-state index < -0.39 is 0 Å². The highest BCUT2D eigenvalue weighted by Crippen LogP contribution is 2.39. The van der Waals surface area contributed by atoms with Gasteiger partial charge in [-0.1, -0.05) is 13.3 Å². The molecule has 1 fully saturated rings. The number of methoxy groups -OCH3 is 1. The van der Waals surface area contributed by atoms with E-state index in [1.54, 1.807) is 7.11 Å². The van der Waals surface area contributed by atoms with Crippen LogP contribution in [0.5, 0.6) is 0 Å². The van der Waals surface area contributed by atoms with Crippen LogP contribution in [0.3, 0.4) is 0 Å². The Labute approximate surface area is 97.9 Å². The van der Waals surface area contributed by atoms with Crippen LogP contribution in [0.1, 0.15) is 39.0 Å². The fraction of sp³-hybridized carbons (Fsp3) is 0.917. The second-order valence-corrected chi connectivity index (χ2v) is 5.12. The lowest BCUT2D eigenvalue weighted by molar-refractivity contribution is -0.123. The van der Waals surface area contributed by atoms with Crippen molar-refractivity contribution in [2.75, 3.05) is 20.3 Å². The fourth-order valence-corrected chi connectivity index (χ4v) is 1.97. The standard InChI is InChI=1S/C12H24N2O2/c1-12(6-4-7-12)9-14-11(15)10(13)5-3-8-16-2/h10H,3-9,13H2,1-2H3,(H,14,15). The minimum Gasteiger partial charge on any atom is -0.385 e. The van der Waals surface area contributed by atoms with Gasteiger partial charge in [-0.3, -0.25) is 4.79 Å². The minimum absolute atomic E-state index is 0.0239. The summed E-state index contributed by atoms with van der Waals surface area (Å²) in [4.78, 5) is 11.6. The number of rotatable bonds is 7. The lowest BCUT2D eigenvalue weighted by Crippen LogP contribution is -2.46. The molecular formula is C12H24N2O2. The molecule has 1 aliphatic rings. The van der Waals surface area contributed by atoms with Crippen LogP contribution in [0.15, 0.2) is 0 Å². The lowest BCUT2D eigenvalue weighted by Gasteiger charge is -2.38. The van der Waals surface area contributed by atoms with Crippen LogP contribution in [0, 0.1) is 5.41 Å². The molecule has 0 spiro atoms. The third-order valence-electron chi connectivity index (χ3n) is 3.45. The van der Waals surface area contributed by atoms with Crippen molar-refractivity contribution in [2.24, 2.45) is 11.1 Å². The molecule has 0 heterocycles. The Morgan fingerprint density at radius 1 is 1.56 bits per heavy atom. The zero-order valence-electron chi connectivity index (χ0n) is 10.4. The molecule has 1 saturated carbocycles. The largest absolute Gasteiger partial charge is 0.385 e. The summed E-state index contributed by atoms with van der Waals surface area (Å²) in [5, 5.41) is 2.95. The van der Waals surface area contributed by atoms with E-state index in [9.17, 15) is 4.79 Å². The van der Waals surface area contributed by atoms with Gasteiger partial charge in [0.1, 0.15) is 0 Å². The Morgan fingerprint density at radius 3 is 2.75 bits per heavy atom. The van der Waals surface area contributed by atoms with Crippen molar-refractivity contribution >= 4 is 5.91 Å². The predicted octanol–water partition coefficient (Wildman–Crippen LogP) is 1.05. The maximum Gasteiger partial charge on any atom is 0.236 e. The first-order valence-corrected chi connectivity index (χ1v) is 6.10. The highest BCUT2D eigenvalue weighted by atomic mass is 16.5. The molecule has 1 rings (SSSR count). The van der Waals surface area contributed by atoms with Crippen molar-refractivity contribution in [1.82, 2.24) is 5.32 Å². The highest BCUT2D eigenvalue weighted by molar-refractivity contribution is 5.81. The van der Waals surface area contributed by atoms with Gasteiger partial charge in [0.25, 0.3) is 0 Å². The van der Waals surface area contributed by atoms with E-state index in [4.69, 9.17) is 10.5 Å². The minimum atomic E-state index is -0.390. The molecule has 3 N–H and O–H groups in total. The molecule has 0 aliphatic heterocycles. The van der Waals surface area contributed by atoms with Gasteiger partial charge in [0.05, 0.1) is 6.04 Å². The summed E-state index contributed by atoms with van der Waals surface area (Å²) in [7, 11) is 1.66. The van der Waals surface area contributed by atoms with Crippen molar-refractivity contribution in [2.45, 2.75) is 45.1 Å². The molecule has 16 heavy (non-hydrogen) atoms. The van der Waals surface area contributed by atoms with Gasteiger partial charge >= 0.3 is 0 Å². The van der Waals surface area contributed by atoms with Gasteiger partial charge in [0.2, 0.25) is 5.91 Å². The topological polar surface area (TPSA) is 64.3 Å². The molecule has 1 amide bonds. The van der Waals surface area contributed by atoms with Gasteiger partial charge in [-0.15, -0.1) is 0 Å². The van der Waals surface area contributed by atoms with Gasteiger partial charge in [0.15, 0.2) is 0 Å². The second kappa shape index (κ2) is 6.21. The maximum atomic E-state index is 11.6. The van der Waals surface area contributed by atoms with Gasteiger partial charge in [0, 0.05) is 20.3 Å². The Hall–Kier alpha value is -0.610. The number of carbonyl (C=O) groups is 1. The van der Waals surface area contributed by atoms with Gasteiger partial charge in [-0.05, 0) is 31.1 Å². The van der Waals surface area contributed by atoms with E-state index in [0.29, 0.717) is 18.4 Å². The van der Waals surface area contributed by atoms with E-state index in [1.165, 1.54) is 19.3 Å². The first-order valence-electron chi connectivity index (χ1n) is 6.10. The van der Waals surface area contributed by atoms with Crippen molar-refractivity contribution in [3.63, 3.8) is 0 Å². The molecule has 4 nitrogen and oxygen atoms in total. The molecule has 0 saturated heterocycles. The summed E-state index contributed by atoms with van der Waals surface area (Å²) in [6.45, 7) is 3.65. The fourth-order valence-electron chi connectivity index (χ4n) is 1.97. The Kier molecular flexibility index (Phi) is 5.22. The molecule has 0 bridgehead atoms. The maximum absolute atomic E-state index is 11.6. The van der Waals surface area contributed by atoms with Crippen molar-refractivity contribution in [3.8, 4) is 0 Å².